The summed E-state index contributed by atoms with van der Waals surface area (Å²) in [6, 6.07) is 17.7. The average molecular weight is 395 g/mol. The van der Waals surface area contributed by atoms with Gasteiger partial charge in [-0.1, -0.05) is 48.0 Å². The van der Waals surface area contributed by atoms with E-state index in [2.05, 4.69) is 5.32 Å². The number of hydrogen-bond acceptors (Lipinski definition) is 3. The minimum absolute atomic E-state index is 0.216. The number of rotatable bonds is 4. The van der Waals surface area contributed by atoms with Crippen LogP contribution in [-0.2, 0) is 24.3 Å². The molecule has 2 heterocycles. The van der Waals surface area contributed by atoms with E-state index in [4.69, 9.17) is 16.0 Å². The van der Waals surface area contributed by atoms with Gasteiger partial charge < -0.3 is 14.6 Å². The lowest BCUT2D eigenvalue weighted by atomic mass is 9.92. The van der Waals surface area contributed by atoms with Crippen molar-refractivity contribution in [3.8, 4) is 0 Å². The van der Waals surface area contributed by atoms with Gasteiger partial charge in [-0.15, -0.1) is 0 Å². The summed E-state index contributed by atoms with van der Waals surface area (Å²) in [4.78, 5) is 27.8. The summed E-state index contributed by atoms with van der Waals surface area (Å²) in [6.45, 7) is 0.636. The first-order valence-corrected chi connectivity index (χ1v) is 9.43. The largest absolute Gasteiger partial charge is 0.467 e. The molecular weight excluding hydrogens is 376 g/mol. The minimum Gasteiger partial charge on any atom is -0.467 e. The number of amides is 2. The smallest absolute Gasteiger partial charge is 0.256 e. The third-order valence-corrected chi connectivity index (χ3v) is 5.26. The van der Waals surface area contributed by atoms with E-state index in [1.807, 2.05) is 24.3 Å². The van der Waals surface area contributed by atoms with Gasteiger partial charge in [-0.05, 0) is 35.4 Å². The molecule has 142 valence electrons. The first-order chi connectivity index (χ1) is 13.6. The molecule has 5 nitrogen and oxygen atoms in total. The molecule has 0 bridgehead atoms. The van der Waals surface area contributed by atoms with Crippen LogP contribution >= 0.6 is 11.6 Å². The van der Waals surface area contributed by atoms with Crippen molar-refractivity contribution in [1.29, 1.82) is 0 Å². The molecule has 1 aliphatic rings. The van der Waals surface area contributed by atoms with Gasteiger partial charge in [0.05, 0.1) is 23.4 Å². The van der Waals surface area contributed by atoms with E-state index in [0.717, 1.165) is 11.1 Å². The monoisotopic (exact) mass is 394 g/mol. The quantitative estimate of drug-likeness (QED) is 0.731. The molecule has 6 heteroatoms. The standard InChI is InChI=1S/C22H19ClN2O3/c23-19-10-4-3-9-18(19)22(27)25-14-16-7-2-1-6-15(16)12-20(25)21(26)24-13-17-8-5-11-28-17/h1-11,20H,12-14H2,(H,24,26). The zero-order valence-corrected chi connectivity index (χ0v) is 15.9. The fourth-order valence-corrected chi connectivity index (χ4v) is 3.68. The van der Waals surface area contributed by atoms with Crippen molar-refractivity contribution >= 4 is 23.4 Å². The molecule has 0 saturated carbocycles. The maximum absolute atomic E-state index is 13.2. The number of carbonyl (C=O) groups excluding carboxylic acids is 2. The SMILES string of the molecule is O=C(NCc1ccco1)C1Cc2ccccc2CN1C(=O)c1ccccc1Cl. The summed E-state index contributed by atoms with van der Waals surface area (Å²) >= 11 is 6.23. The molecule has 1 N–H and O–H groups in total. The van der Waals surface area contributed by atoms with Crippen LogP contribution < -0.4 is 5.32 Å². The third kappa shape index (κ3) is 3.66. The zero-order valence-electron chi connectivity index (χ0n) is 15.1. The highest BCUT2D eigenvalue weighted by Gasteiger charge is 2.35. The number of halogens is 1. The van der Waals surface area contributed by atoms with Crippen molar-refractivity contribution in [3.05, 3.63) is 94.4 Å². The topological polar surface area (TPSA) is 62.6 Å². The highest BCUT2D eigenvalue weighted by Crippen LogP contribution is 2.27. The third-order valence-electron chi connectivity index (χ3n) is 4.93. The lowest BCUT2D eigenvalue weighted by Gasteiger charge is -2.36. The molecule has 28 heavy (non-hydrogen) atoms. The van der Waals surface area contributed by atoms with Crippen LogP contribution in [0.3, 0.4) is 0 Å². The van der Waals surface area contributed by atoms with Gasteiger partial charge in [0.1, 0.15) is 11.8 Å². The van der Waals surface area contributed by atoms with Crippen molar-refractivity contribution in [1.82, 2.24) is 10.2 Å². The molecule has 1 unspecified atom stereocenters. The van der Waals surface area contributed by atoms with E-state index < -0.39 is 6.04 Å². The summed E-state index contributed by atoms with van der Waals surface area (Å²) < 4.78 is 5.27. The van der Waals surface area contributed by atoms with Crippen LogP contribution in [0.25, 0.3) is 0 Å². The van der Waals surface area contributed by atoms with E-state index >= 15 is 0 Å². The summed E-state index contributed by atoms with van der Waals surface area (Å²) in [5.41, 5.74) is 2.51. The van der Waals surface area contributed by atoms with Gasteiger partial charge in [-0.2, -0.15) is 0 Å². The van der Waals surface area contributed by atoms with E-state index in [0.29, 0.717) is 29.3 Å². The van der Waals surface area contributed by atoms with E-state index in [1.165, 1.54) is 0 Å². The molecule has 0 aliphatic carbocycles. The predicted molar refractivity (Wildman–Crippen MR) is 106 cm³/mol. The number of nitrogens with one attached hydrogen (secondary N) is 1. The molecule has 0 fully saturated rings. The summed E-state index contributed by atoms with van der Waals surface area (Å²) in [6.07, 6.45) is 2.02. The first kappa shape index (κ1) is 18.3. The molecule has 3 aromatic rings. The molecule has 0 radical (unpaired) electrons. The average Bonchev–Trinajstić information content (AvgIpc) is 3.24. The molecule has 0 saturated heterocycles. The molecule has 2 aromatic carbocycles. The first-order valence-electron chi connectivity index (χ1n) is 9.06. The van der Waals surface area contributed by atoms with Gasteiger partial charge in [0, 0.05) is 13.0 Å². The Labute approximate surface area is 167 Å². The fourth-order valence-electron chi connectivity index (χ4n) is 3.47. The van der Waals surface area contributed by atoms with Gasteiger partial charge >= 0.3 is 0 Å². The molecule has 1 atom stereocenters. The van der Waals surface area contributed by atoms with Crippen LogP contribution in [0, 0.1) is 0 Å². The minimum atomic E-state index is -0.617. The van der Waals surface area contributed by atoms with Crippen LogP contribution in [0.5, 0.6) is 0 Å². The van der Waals surface area contributed by atoms with Crippen molar-refractivity contribution < 1.29 is 14.0 Å². The Morgan fingerprint density at radius 2 is 1.79 bits per heavy atom. The number of hydrogen-bond donors (Lipinski definition) is 1. The Morgan fingerprint density at radius 3 is 2.54 bits per heavy atom. The van der Waals surface area contributed by atoms with Crippen LogP contribution in [-0.4, -0.2) is 22.8 Å². The second-order valence-corrected chi connectivity index (χ2v) is 7.11. The maximum atomic E-state index is 13.2. The van der Waals surface area contributed by atoms with Crippen LogP contribution in [0.1, 0.15) is 27.2 Å². The number of fused-ring (bicyclic) bond motifs is 1. The lowest BCUT2D eigenvalue weighted by Crippen LogP contribution is -2.52. The van der Waals surface area contributed by atoms with E-state index in [9.17, 15) is 9.59 Å². The molecule has 2 amide bonds. The van der Waals surface area contributed by atoms with E-state index in [-0.39, 0.29) is 18.4 Å². The van der Waals surface area contributed by atoms with Crippen molar-refractivity contribution in [2.75, 3.05) is 0 Å². The Hall–Kier alpha value is -3.05. The Balaban J connectivity index is 1.62. The highest BCUT2D eigenvalue weighted by molar-refractivity contribution is 6.33. The predicted octanol–water partition coefficient (Wildman–Crippen LogP) is 3.82. The van der Waals surface area contributed by atoms with Crippen molar-refractivity contribution in [3.63, 3.8) is 0 Å². The lowest BCUT2D eigenvalue weighted by molar-refractivity contribution is -0.126. The Bertz CT molecular complexity index is 1000. The summed E-state index contributed by atoms with van der Waals surface area (Å²) in [7, 11) is 0. The van der Waals surface area contributed by atoms with Crippen LogP contribution in [0.15, 0.2) is 71.3 Å². The number of furan rings is 1. The van der Waals surface area contributed by atoms with Gasteiger partial charge in [-0.3, -0.25) is 9.59 Å². The van der Waals surface area contributed by atoms with Gasteiger partial charge in [-0.25, -0.2) is 0 Å². The summed E-state index contributed by atoms with van der Waals surface area (Å²) in [5.74, 6) is 0.193. The van der Waals surface area contributed by atoms with Crippen molar-refractivity contribution in [2.45, 2.75) is 25.6 Å². The maximum Gasteiger partial charge on any atom is 0.256 e. The van der Waals surface area contributed by atoms with Gasteiger partial charge in [0.25, 0.3) is 5.91 Å². The Morgan fingerprint density at radius 1 is 1.04 bits per heavy atom. The van der Waals surface area contributed by atoms with Gasteiger partial charge in [0.2, 0.25) is 5.91 Å². The number of benzene rings is 2. The normalized spacial score (nSPS) is 15.8. The highest BCUT2D eigenvalue weighted by atomic mass is 35.5. The number of carbonyl (C=O) groups is 2. The molecule has 1 aliphatic heterocycles. The van der Waals surface area contributed by atoms with Crippen LogP contribution in [0.4, 0.5) is 0 Å². The molecule has 4 rings (SSSR count). The van der Waals surface area contributed by atoms with Crippen molar-refractivity contribution in [2.24, 2.45) is 0 Å². The van der Waals surface area contributed by atoms with E-state index in [1.54, 1.807) is 47.6 Å². The zero-order chi connectivity index (χ0) is 19.5. The Kier molecular flexibility index (Phi) is 5.17. The molecular formula is C22H19ClN2O3. The molecule has 0 spiro atoms. The van der Waals surface area contributed by atoms with Crippen LogP contribution in [0.2, 0.25) is 5.02 Å². The second kappa shape index (κ2) is 7.90. The summed E-state index contributed by atoms with van der Waals surface area (Å²) in [5, 5.41) is 3.25. The fraction of sp³-hybridized carbons (Fsp3) is 0.182. The second-order valence-electron chi connectivity index (χ2n) is 6.70. The molecule has 1 aromatic heterocycles. The van der Waals surface area contributed by atoms with Gasteiger partial charge in [0.15, 0.2) is 0 Å². The number of nitrogens with zero attached hydrogens (tertiary/aromatic N) is 1.